The van der Waals surface area contributed by atoms with Gasteiger partial charge in [-0.2, -0.15) is 0 Å². The molecule has 1 aromatic heterocycles. The van der Waals surface area contributed by atoms with Crippen LogP contribution in [0.4, 0.5) is 5.82 Å². The minimum atomic E-state index is -0.136. The molecule has 0 saturated heterocycles. The fourth-order valence-corrected chi connectivity index (χ4v) is 0.506. The lowest BCUT2D eigenvalue weighted by Gasteiger charge is -2.03. The molecule has 6 heteroatoms. The fraction of sp³-hybridized carbons (Fsp3) is 0. The summed E-state index contributed by atoms with van der Waals surface area (Å²) in [5.41, 5.74) is 0. The highest BCUT2D eigenvalue weighted by atomic mass is 35.5. The molecular formula is C4H4ClN3O2. The molecule has 0 aliphatic carbocycles. The third kappa shape index (κ3) is 1.53. The summed E-state index contributed by atoms with van der Waals surface area (Å²) in [6, 6.07) is 0. The highest BCUT2D eigenvalue weighted by Crippen LogP contribution is 2.06. The normalized spacial score (nSPS) is 9.50. The second kappa shape index (κ2) is 2.78. The van der Waals surface area contributed by atoms with E-state index in [0.29, 0.717) is 0 Å². The lowest BCUT2D eigenvalue weighted by atomic mass is 10.7. The van der Waals surface area contributed by atoms with E-state index in [1.807, 2.05) is 0 Å². The summed E-state index contributed by atoms with van der Waals surface area (Å²) in [4.78, 5) is 7.05. The van der Waals surface area contributed by atoms with Gasteiger partial charge in [-0.05, 0) is 0 Å². The first kappa shape index (κ1) is 7.20. The molecule has 0 aromatic carbocycles. The van der Waals surface area contributed by atoms with Gasteiger partial charge in [0.2, 0.25) is 5.82 Å². The van der Waals surface area contributed by atoms with Crippen LogP contribution >= 0.6 is 11.6 Å². The van der Waals surface area contributed by atoms with Crippen molar-refractivity contribution < 1.29 is 10.4 Å². The number of anilines is 1. The number of halogens is 1. The van der Waals surface area contributed by atoms with E-state index in [1.54, 1.807) is 0 Å². The molecule has 54 valence electrons. The number of aromatic nitrogens is 2. The van der Waals surface area contributed by atoms with Crippen LogP contribution in [-0.4, -0.2) is 20.4 Å². The van der Waals surface area contributed by atoms with Gasteiger partial charge in [-0.1, -0.05) is 11.6 Å². The van der Waals surface area contributed by atoms with Crippen LogP contribution in [0.3, 0.4) is 0 Å². The van der Waals surface area contributed by atoms with E-state index in [4.69, 9.17) is 22.0 Å². The first-order chi connectivity index (χ1) is 4.70. The zero-order chi connectivity index (χ0) is 7.56. The van der Waals surface area contributed by atoms with Gasteiger partial charge in [0.1, 0.15) is 5.15 Å². The minimum absolute atomic E-state index is 0.0793. The summed E-state index contributed by atoms with van der Waals surface area (Å²) < 4.78 is 0. The van der Waals surface area contributed by atoms with Crippen LogP contribution in [0.25, 0.3) is 0 Å². The Bertz CT molecular complexity index is 212. The van der Waals surface area contributed by atoms with E-state index in [1.165, 1.54) is 6.20 Å². The predicted molar refractivity (Wildman–Crippen MR) is 33.1 cm³/mol. The molecule has 0 saturated carbocycles. The number of nitrogens with zero attached hydrogens (tertiary/aromatic N) is 3. The quantitative estimate of drug-likeness (QED) is 0.594. The first-order valence-corrected chi connectivity index (χ1v) is 2.73. The Kier molecular flexibility index (Phi) is 2.00. The molecule has 1 rings (SSSR count). The Labute approximate surface area is 61.4 Å². The summed E-state index contributed by atoms with van der Waals surface area (Å²) >= 11 is 5.36. The molecule has 0 spiro atoms. The standard InChI is InChI=1S/C4H4ClN3O2/c5-3-1-7-4(2-6-3)8(9)10/h1-2,9-10H. The molecule has 0 amide bonds. The van der Waals surface area contributed by atoms with Crippen LogP contribution in [-0.2, 0) is 0 Å². The maximum absolute atomic E-state index is 8.36. The molecule has 1 heterocycles. The average Bonchev–Trinajstić information content (AvgIpc) is 1.88. The van der Waals surface area contributed by atoms with Crippen LogP contribution in [0, 0.1) is 0 Å². The van der Waals surface area contributed by atoms with Crippen LogP contribution in [0.15, 0.2) is 12.4 Å². The molecule has 10 heavy (non-hydrogen) atoms. The third-order valence-corrected chi connectivity index (χ3v) is 1.01. The van der Waals surface area contributed by atoms with E-state index in [-0.39, 0.29) is 16.2 Å². The van der Waals surface area contributed by atoms with Crippen molar-refractivity contribution in [2.45, 2.75) is 0 Å². The molecule has 0 atom stereocenters. The largest absolute Gasteiger partial charge is 0.262 e. The summed E-state index contributed by atoms with van der Waals surface area (Å²) in [6.45, 7) is 0. The summed E-state index contributed by atoms with van der Waals surface area (Å²) in [5.74, 6) is -0.0793. The Morgan fingerprint density at radius 1 is 1.30 bits per heavy atom. The van der Waals surface area contributed by atoms with Crippen molar-refractivity contribution in [1.82, 2.24) is 9.97 Å². The second-order valence-corrected chi connectivity index (χ2v) is 1.87. The van der Waals surface area contributed by atoms with Crippen molar-refractivity contribution in [1.29, 1.82) is 0 Å². The maximum Gasteiger partial charge on any atom is 0.201 e. The van der Waals surface area contributed by atoms with Gasteiger partial charge in [0.15, 0.2) is 0 Å². The summed E-state index contributed by atoms with van der Waals surface area (Å²) in [5, 5.41) is 16.8. The lowest BCUT2D eigenvalue weighted by molar-refractivity contribution is 0.0266. The predicted octanol–water partition coefficient (Wildman–Crippen LogP) is 0.715. The number of hydrogen-bond acceptors (Lipinski definition) is 5. The molecule has 0 bridgehead atoms. The van der Waals surface area contributed by atoms with Crippen molar-refractivity contribution in [3.05, 3.63) is 17.5 Å². The van der Waals surface area contributed by atoms with Crippen molar-refractivity contribution in [3.63, 3.8) is 0 Å². The molecular weight excluding hydrogens is 158 g/mol. The zero-order valence-corrected chi connectivity index (χ0v) is 5.52. The first-order valence-electron chi connectivity index (χ1n) is 2.35. The smallest absolute Gasteiger partial charge is 0.201 e. The Hall–Kier alpha value is -0.910. The Morgan fingerprint density at radius 3 is 2.40 bits per heavy atom. The third-order valence-electron chi connectivity index (χ3n) is 0.812. The van der Waals surface area contributed by atoms with Gasteiger partial charge in [-0.15, -0.1) is 5.23 Å². The monoisotopic (exact) mass is 161 g/mol. The zero-order valence-electron chi connectivity index (χ0n) is 4.77. The molecule has 0 fully saturated rings. The van der Waals surface area contributed by atoms with Gasteiger partial charge in [-0.3, -0.25) is 10.4 Å². The molecule has 5 nitrogen and oxygen atoms in total. The van der Waals surface area contributed by atoms with E-state index in [9.17, 15) is 0 Å². The topological polar surface area (TPSA) is 69.5 Å². The molecule has 0 aliphatic rings. The van der Waals surface area contributed by atoms with Crippen LogP contribution < -0.4 is 5.23 Å². The van der Waals surface area contributed by atoms with Crippen molar-refractivity contribution >= 4 is 17.4 Å². The van der Waals surface area contributed by atoms with Gasteiger partial charge in [0.25, 0.3) is 0 Å². The summed E-state index contributed by atoms with van der Waals surface area (Å²) in [7, 11) is 0. The average molecular weight is 162 g/mol. The number of hydrogen-bond donors (Lipinski definition) is 2. The van der Waals surface area contributed by atoms with Crippen molar-refractivity contribution in [2.24, 2.45) is 0 Å². The van der Waals surface area contributed by atoms with Gasteiger partial charge in [0, 0.05) is 0 Å². The van der Waals surface area contributed by atoms with Crippen molar-refractivity contribution in [2.75, 3.05) is 5.23 Å². The van der Waals surface area contributed by atoms with Gasteiger partial charge >= 0.3 is 0 Å². The van der Waals surface area contributed by atoms with E-state index >= 15 is 0 Å². The van der Waals surface area contributed by atoms with Gasteiger partial charge in [0.05, 0.1) is 12.4 Å². The molecule has 0 unspecified atom stereocenters. The van der Waals surface area contributed by atoms with E-state index in [0.717, 1.165) is 6.20 Å². The fourth-order valence-electron chi connectivity index (χ4n) is 0.409. The van der Waals surface area contributed by atoms with Crippen LogP contribution in [0.1, 0.15) is 0 Å². The molecule has 1 aromatic rings. The van der Waals surface area contributed by atoms with E-state index in [2.05, 4.69) is 9.97 Å². The second-order valence-electron chi connectivity index (χ2n) is 1.49. The van der Waals surface area contributed by atoms with Crippen LogP contribution in [0.5, 0.6) is 0 Å². The molecule has 2 N–H and O–H groups in total. The lowest BCUT2D eigenvalue weighted by Crippen LogP contribution is -2.12. The number of rotatable bonds is 1. The van der Waals surface area contributed by atoms with E-state index < -0.39 is 0 Å². The molecule has 0 aliphatic heterocycles. The van der Waals surface area contributed by atoms with Gasteiger partial charge in [-0.25, -0.2) is 9.97 Å². The Morgan fingerprint density at radius 2 is 2.00 bits per heavy atom. The highest BCUT2D eigenvalue weighted by molar-refractivity contribution is 6.29. The summed E-state index contributed by atoms with van der Waals surface area (Å²) in [6.07, 6.45) is 2.33. The minimum Gasteiger partial charge on any atom is -0.262 e. The molecule has 0 radical (unpaired) electrons. The van der Waals surface area contributed by atoms with Crippen LogP contribution in [0.2, 0.25) is 5.15 Å². The Balaban J connectivity index is 2.89. The maximum atomic E-state index is 8.36. The van der Waals surface area contributed by atoms with Gasteiger partial charge < -0.3 is 0 Å². The van der Waals surface area contributed by atoms with Crippen molar-refractivity contribution in [3.8, 4) is 0 Å². The SMILES string of the molecule is ON(O)c1cnc(Cl)cn1. The highest BCUT2D eigenvalue weighted by Gasteiger charge is 1.98.